The van der Waals surface area contributed by atoms with Gasteiger partial charge in [0.05, 0.1) is 5.69 Å². The Balaban J connectivity index is 2.94. The van der Waals surface area contributed by atoms with E-state index in [1.807, 2.05) is 27.7 Å². The summed E-state index contributed by atoms with van der Waals surface area (Å²) in [6, 6.07) is 5.12. The molecule has 1 aromatic carbocycles. The highest BCUT2D eigenvalue weighted by atomic mass is 16.2. The van der Waals surface area contributed by atoms with Gasteiger partial charge in [-0.05, 0) is 30.7 Å². The van der Waals surface area contributed by atoms with E-state index in [2.05, 4.69) is 10.3 Å². The van der Waals surface area contributed by atoms with Crippen molar-refractivity contribution in [3.8, 4) is 0 Å². The van der Waals surface area contributed by atoms with Crippen molar-refractivity contribution in [1.82, 2.24) is 0 Å². The van der Waals surface area contributed by atoms with Crippen molar-refractivity contribution in [2.24, 2.45) is 10.4 Å². The van der Waals surface area contributed by atoms with Crippen LogP contribution < -0.4 is 5.32 Å². The largest absolute Gasteiger partial charge is 0.325 e. The van der Waals surface area contributed by atoms with Gasteiger partial charge in [-0.3, -0.25) is 4.79 Å². The van der Waals surface area contributed by atoms with Crippen LogP contribution in [0.25, 0.3) is 0 Å². The number of hydrogen-bond acceptors (Lipinski definition) is 3. The maximum atomic E-state index is 11.8. The summed E-state index contributed by atoms with van der Waals surface area (Å²) < 4.78 is 0. The minimum atomic E-state index is -0.438. The average molecular weight is 232 g/mol. The number of carbonyl (C=O) groups is 1. The van der Waals surface area contributed by atoms with E-state index in [1.165, 1.54) is 6.08 Å². The Morgan fingerprint density at radius 3 is 2.47 bits per heavy atom. The van der Waals surface area contributed by atoms with Crippen molar-refractivity contribution in [3.05, 3.63) is 23.8 Å². The van der Waals surface area contributed by atoms with Crippen LogP contribution in [0.4, 0.5) is 11.4 Å². The van der Waals surface area contributed by atoms with Crippen molar-refractivity contribution in [1.29, 1.82) is 0 Å². The minimum Gasteiger partial charge on any atom is -0.325 e. The number of amides is 1. The van der Waals surface area contributed by atoms with E-state index >= 15 is 0 Å². The fourth-order valence-corrected chi connectivity index (χ4v) is 1.22. The molecular formula is C13H16N2O2. The van der Waals surface area contributed by atoms with Crippen molar-refractivity contribution < 1.29 is 9.59 Å². The van der Waals surface area contributed by atoms with Crippen LogP contribution in [0.5, 0.6) is 0 Å². The van der Waals surface area contributed by atoms with Gasteiger partial charge in [0, 0.05) is 11.1 Å². The molecule has 0 radical (unpaired) electrons. The normalized spacial score (nSPS) is 10.6. The molecule has 1 aromatic rings. The Kier molecular flexibility index (Phi) is 3.81. The molecule has 1 N–H and O–H groups in total. The highest BCUT2D eigenvalue weighted by Gasteiger charge is 2.21. The molecule has 0 fully saturated rings. The first-order chi connectivity index (χ1) is 7.84. The van der Waals surface area contributed by atoms with E-state index in [4.69, 9.17) is 0 Å². The van der Waals surface area contributed by atoms with Crippen LogP contribution in [-0.2, 0) is 9.59 Å². The van der Waals surface area contributed by atoms with E-state index in [-0.39, 0.29) is 5.91 Å². The number of nitrogens with one attached hydrogen (secondary N) is 1. The third-order valence-corrected chi connectivity index (χ3v) is 2.31. The smallest absolute Gasteiger partial charge is 0.240 e. The van der Waals surface area contributed by atoms with Gasteiger partial charge in [0.15, 0.2) is 0 Å². The van der Waals surface area contributed by atoms with Crippen molar-refractivity contribution in [3.63, 3.8) is 0 Å². The van der Waals surface area contributed by atoms with Gasteiger partial charge in [0.1, 0.15) is 0 Å². The molecule has 0 unspecified atom stereocenters. The van der Waals surface area contributed by atoms with Gasteiger partial charge in [-0.1, -0.05) is 20.8 Å². The lowest BCUT2D eigenvalue weighted by molar-refractivity contribution is -0.123. The molecule has 1 amide bonds. The van der Waals surface area contributed by atoms with E-state index < -0.39 is 5.41 Å². The van der Waals surface area contributed by atoms with Crippen LogP contribution in [0.3, 0.4) is 0 Å². The first-order valence-corrected chi connectivity index (χ1v) is 5.34. The molecule has 0 aliphatic heterocycles. The molecule has 0 aliphatic rings. The van der Waals surface area contributed by atoms with Gasteiger partial charge < -0.3 is 5.32 Å². The predicted octanol–water partition coefficient (Wildman–Crippen LogP) is 2.95. The maximum Gasteiger partial charge on any atom is 0.240 e. The van der Waals surface area contributed by atoms with Gasteiger partial charge in [0.2, 0.25) is 12.0 Å². The van der Waals surface area contributed by atoms with Gasteiger partial charge in [-0.25, -0.2) is 4.79 Å². The molecule has 0 bridgehead atoms. The summed E-state index contributed by atoms with van der Waals surface area (Å²) in [5.41, 5.74) is 1.69. The zero-order chi connectivity index (χ0) is 13.1. The fraction of sp³-hybridized carbons (Fsp3) is 0.385. The summed E-state index contributed by atoms with van der Waals surface area (Å²) >= 11 is 0. The number of anilines is 1. The zero-order valence-corrected chi connectivity index (χ0v) is 10.5. The SMILES string of the molecule is Cc1cc(N=C=O)ccc1NC(=O)C(C)(C)C. The molecule has 0 saturated carbocycles. The van der Waals surface area contributed by atoms with Crippen LogP contribution in [0, 0.1) is 12.3 Å². The third-order valence-electron chi connectivity index (χ3n) is 2.31. The highest BCUT2D eigenvalue weighted by Crippen LogP contribution is 2.23. The molecule has 0 spiro atoms. The van der Waals surface area contributed by atoms with Crippen molar-refractivity contribution in [2.75, 3.05) is 5.32 Å². The van der Waals surface area contributed by atoms with Crippen molar-refractivity contribution in [2.45, 2.75) is 27.7 Å². The van der Waals surface area contributed by atoms with Crippen molar-refractivity contribution >= 4 is 23.4 Å². The van der Waals surface area contributed by atoms with Gasteiger partial charge in [0.25, 0.3) is 0 Å². The lowest BCUT2D eigenvalue weighted by Gasteiger charge is -2.18. The van der Waals surface area contributed by atoms with Crippen LogP contribution in [0.15, 0.2) is 23.2 Å². The minimum absolute atomic E-state index is 0.0489. The Labute approximate surface area is 101 Å². The van der Waals surface area contributed by atoms with E-state index in [0.29, 0.717) is 5.69 Å². The molecule has 1 rings (SSSR count). The molecule has 4 heteroatoms. The summed E-state index contributed by atoms with van der Waals surface area (Å²) in [6.07, 6.45) is 1.48. The second kappa shape index (κ2) is 4.93. The monoisotopic (exact) mass is 232 g/mol. The first kappa shape index (κ1) is 13.1. The standard InChI is InChI=1S/C13H16N2O2/c1-9-7-10(14-8-16)5-6-11(9)15-12(17)13(2,3)4/h5-7H,1-4H3,(H,15,17). The van der Waals surface area contributed by atoms with E-state index in [1.54, 1.807) is 18.2 Å². The Morgan fingerprint density at radius 1 is 1.35 bits per heavy atom. The topological polar surface area (TPSA) is 58.5 Å². The molecule has 0 heterocycles. The number of nitrogens with zero attached hydrogens (tertiary/aromatic N) is 1. The van der Waals surface area contributed by atoms with E-state index in [0.717, 1.165) is 11.3 Å². The van der Waals surface area contributed by atoms with Crippen LogP contribution >= 0.6 is 0 Å². The summed E-state index contributed by atoms with van der Waals surface area (Å²) in [7, 11) is 0. The number of carbonyl (C=O) groups excluding carboxylic acids is 2. The van der Waals surface area contributed by atoms with Gasteiger partial charge in [-0.15, -0.1) is 0 Å². The Bertz CT molecular complexity index is 481. The molecular weight excluding hydrogens is 216 g/mol. The Hall–Kier alpha value is -1.93. The summed E-state index contributed by atoms with van der Waals surface area (Å²) in [4.78, 5) is 25.4. The lowest BCUT2D eigenvalue weighted by Crippen LogP contribution is -2.27. The second-order valence-electron chi connectivity index (χ2n) is 4.91. The molecule has 4 nitrogen and oxygen atoms in total. The van der Waals surface area contributed by atoms with Gasteiger partial charge in [-0.2, -0.15) is 4.99 Å². The molecule has 0 saturated heterocycles. The van der Waals surface area contributed by atoms with E-state index in [9.17, 15) is 9.59 Å². The first-order valence-electron chi connectivity index (χ1n) is 5.34. The number of aliphatic imine (C=N–C) groups is 1. The lowest BCUT2D eigenvalue weighted by atomic mass is 9.95. The zero-order valence-electron chi connectivity index (χ0n) is 10.5. The van der Waals surface area contributed by atoms with Crippen LogP contribution in [0.2, 0.25) is 0 Å². The second-order valence-corrected chi connectivity index (χ2v) is 4.91. The van der Waals surface area contributed by atoms with Crippen LogP contribution in [-0.4, -0.2) is 12.0 Å². The maximum absolute atomic E-state index is 11.8. The summed E-state index contributed by atoms with van der Waals surface area (Å²) in [5, 5.41) is 2.84. The molecule has 0 aromatic heterocycles. The fourth-order valence-electron chi connectivity index (χ4n) is 1.22. The third kappa shape index (κ3) is 3.54. The van der Waals surface area contributed by atoms with Crippen LogP contribution in [0.1, 0.15) is 26.3 Å². The Morgan fingerprint density at radius 2 is 2.00 bits per heavy atom. The highest BCUT2D eigenvalue weighted by molar-refractivity contribution is 5.95. The number of hydrogen-bond donors (Lipinski definition) is 1. The molecule has 90 valence electrons. The molecule has 17 heavy (non-hydrogen) atoms. The predicted molar refractivity (Wildman–Crippen MR) is 67.0 cm³/mol. The van der Waals surface area contributed by atoms with Gasteiger partial charge >= 0.3 is 0 Å². The summed E-state index contributed by atoms with van der Waals surface area (Å²) in [6.45, 7) is 7.40. The number of benzene rings is 1. The summed E-state index contributed by atoms with van der Waals surface area (Å²) in [5.74, 6) is -0.0489. The number of aryl methyl sites for hydroxylation is 1. The molecule has 0 atom stereocenters. The molecule has 0 aliphatic carbocycles. The number of rotatable bonds is 2. The number of isocyanates is 1. The quantitative estimate of drug-likeness (QED) is 0.629. The average Bonchev–Trinajstić information content (AvgIpc) is 2.21.